The van der Waals surface area contributed by atoms with E-state index in [1.54, 1.807) is 32.2 Å². The topological polar surface area (TPSA) is 85.7 Å². The molecule has 2 rings (SSSR count). The highest BCUT2D eigenvalue weighted by atomic mass is 31.2. The number of aromatic nitrogens is 1. The Kier molecular flexibility index (Phi) is 4.67. The van der Waals surface area contributed by atoms with Gasteiger partial charge in [-0.2, -0.15) is 0 Å². The Morgan fingerprint density at radius 2 is 1.70 bits per heavy atom. The van der Waals surface area contributed by atoms with Crippen LogP contribution < -0.4 is 5.30 Å². The Morgan fingerprint density at radius 3 is 2.13 bits per heavy atom. The van der Waals surface area contributed by atoms with E-state index in [1.807, 2.05) is 12.1 Å². The summed E-state index contributed by atoms with van der Waals surface area (Å²) in [5, 5.41) is 0.0892. The van der Waals surface area contributed by atoms with Crippen molar-refractivity contribution in [3.8, 4) is 0 Å². The number of H-pyrrole nitrogens is 1. The van der Waals surface area contributed by atoms with Crippen LogP contribution in [0.25, 0.3) is 0 Å². The number of benzene rings is 1. The fourth-order valence-electron chi connectivity index (χ4n) is 2.54. The van der Waals surface area contributed by atoms with Gasteiger partial charge in [0.15, 0.2) is 0 Å². The Labute approximate surface area is 136 Å². The van der Waals surface area contributed by atoms with Gasteiger partial charge in [-0.1, -0.05) is 20.8 Å². The van der Waals surface area contributed by atoms with Crippen molar-refractivity contribution in [2.75, 3.05) is 0 Å². The van der Waals surface area contributed by atoms with Gasteiger partial charge in [0.05, 0.1) is 22.9 Å². The molecule has 0 fully saturated rings. The first-order valence-corrected chi connectivity index (χ1v) is 9.00. The third-order valence-corrected chi connectivity index (χ3v) is 4.92. The van der Waals surface area contributed by atoms with Crippen LogP contribution >= 0.6 is 7.60 Å². The maximum atomic E-state index is 11.5. The number of nitrogens with one attached hydrogen (secondary N) is 1. The predicted molar refractivity (Wildman–Crippen MR) is 94.3 cm³/mol. The van der Waals surface area contributed by atoms with Crippen LogP contribution in [0.5, 0.6) is 0 Å². The van der Waals surface area contributed by atoms with E-state index >= 15 is 0 Å². The molecule has 0 saturated carbocycles. The van der Waals surface area contributed by atoms with Gasteiger partial charge in [-0.15, -0.1) is 0 Å². The van der Waals surface area contributed by atoms with E-state index in [9.17, 15) is 14.4 Å². The number of aromatic amines is 1. The van der Waals surface area contributed by atoms with Crippen molar-refractivity contribution in [2.24, 2.45) is 4.99 Å². The van der Waals surface area contributed by atoms with Crippen molar-refractivity contribution in [1.82, 2.24) is 4.98 Å². The standard InChI is InChI=1S/C17H23N2O3P/c1-11-8-14(9-12(2)16(11)23(20,21)22)18-10-13-6-7-15(19-13)17(3,4)5/h6-10,19H,1-5H3,(H2,20,21,22). The zero-order valence-corrected chi connectivity index (χ0v) is 15.0. The van der Waals surface area contributed by atoms with E-state index in [0.29, 0.717) is 16.8 Å². The average molecular weight is 334 g/mol. The van der Waals surface area contributed by atoms with E-state index in [4.69, 9.17) is 0 Å². The molecule has 0 aliphatic carbocycles. The van der Waals surface area contributed by atoms with E-state index in [2.05, 4.69) is 30.7 Å². The second-order valence-electron chi connectivity index (χ2n) is 6.81. The lowest BCUT2D eigenvalue weighted by Gasteiger charge is -2.15. The summed E-state index contributed by atoms with van der Waals surface area (Å²) in [4.78, 5) is 26.5. The zero-order valence-electron chi connectivity index (χ0n) is 14.1. The molecular formula is C17H23N2O3P. The Hall–Kier alpha value is -1.68. The fraction of sp³-hybridized carbons (Fsp3) is 0.353. The number of aryl methyl sites for hydroxylation is 2. The molecule has 0 unspecified atom stereocenters. The number of aliphatic imine (C=N–C) groups is 1. The molecule has 1 heterocycles. The highest BCUT2D eigenvalue weighted by molar-refractivity contribution is 7.60. The van der Waals surface area contributed by atoms with Crippen LogP contribution in [0.4, 0.5) is 5.69 Å². The second kappa shape index (κ2) is 6.08. The van der Waals surface area contributed by atoms with Crippen molar-refractivity contribution in [3.63, 3.8) is 0 Å². The summed E-state index contributed by atoms with van der Waals surface area (Å²) in [5.74, 6) is 0. The third-order valence-electron chi connectivity index (χ3n) is 3.64. The summed E-state index contributed by atoms with van der Waals surface area (Å²) >= 11 is 0. The average Bonchev–Trinajstić information content (AvgIpc) is 2.82. The van der Waals surface area contributed by atoms with Gasteiger partial charge in [0.2, 0.25) is 0 Å². The smallest absolute Gasteiger partial charge is 0.356 e. The maximum absolute atomic E-state index is 11.5. The summed E-state index contributed by atoms with van der Waals surface area (Å²) in [6.07, 6.45) is 1.72. The van der Waals surface area contributed by atoms with Crippen molar-refractivity contribution in [3.05, 3.63) is 46.8 Å². The summed E-state index contributed by atoms with van der Waals surface area (Å²) in [6, 6.07) is 7.37. The first-order chi connectivity index (χ1) is 10.5. The molecule has 0 amide bonds. The van der Waals surface area contributed by atoms with Gasteiger partial charge in [0.1, 0.15) is 0 Å². The van der Waals surface area contributed by atoms with Crippen molar-refractivity contribution in [1.29, 1.82) is 0 Å². The van der Waals surface area contributed by atoms with E-state index < -0.39 is 7.60 Å². The molecule has 0 bridgehead atoms. The molecule has 0 aliphatic rings. The first kappa shape index (κ1) is 17.7. The van der Waals surface area contributed by atoms with Gasteiger partial charge >= 0.3 is 7.60 Å². The summed E-state index contributed by atoms with van der Waals surface area (Å²) in [7, 11) is -4.26. The van der Waals surface area contributed by atoms with E-state index in [0.717, 1.165) is 11.4 Å². The zero-order chi connectivity index (χ0) is 17.4. The molecule has 1 aromatic heterocycles. The molecule has 1 aromatic carbocycles. The molecule has 0 radical (unpaired) electrons. The molecule has 2 aromatic rings. The molecule has 3 N–H and O–H groups in total. The van der Waals surface area contributed by atoms with E-state index in [-0.39, 0.29) is 10.7 Å². The first-order valence-electron chi connectivity index (χ1n) is 7.39. The van der Waals surface area contributed by atoms with Crippen LogP contribution in [-0.4, -0.2) is 21.0 Å². The van der Waals surface area contributed by atoms with Gasteiger partial charge in [0.25, 0.3) is 0 Å². The molecule has 0 saturated heterocycles. The highest BCUT2D eigenvalue weighted by Crippen LogP contribution is 2.37. The van der Waals surface area contributed by atoms with Crippen LogP contribution in [0.15, 0.2) is 29.3 Å². The van der Waals surface area contributed by atoms with Crippen LogP contribution in [-0.2, 0) is 9.98 Å². The largest absolute Gasteiger partial charge is 0.357 e. The Bertz CT molecular complexity index is 771. The van der Waals surface area contributed by atoms with Gasteiger partial charge in [-0.3, -0.25) is 9.56 Å². The number of hydrogen-bond acceptors (Lipinski definition) is 2. The number of nitrogens with zero attached hydrogens (tertiary/aromatic N) is 1. The molecule has 23 heavy (non-hydrogen) atoms. The summed E-state index contributed by atoms with van der Waals surface area (Å²) in [6.45, 7) is 9.77. The Balaban J connectivity index is 2.31. The molecular weight excluding hydrogens is 311 g/mol. The van der Waals surface area contributed by atoms with Crippen LogP contribution in [0.1, 0.15) is 43.3 Å². The van der Waals surface area contributed by atoms with E-state index in [1.165, 1.54) is 0 Å². The molecule has 0 aliphatic heterocycles. The van der Waals surface area contributed by atoms with Crippen LogP contribution in [0.2, 0.25) is 0 Å². The monoisotopic (exact) mass is 334 g/mol. The van der Waals surface area contributed by atoms with Crippen molar-refractivity contribution in [2.45, 2.75) is 40.0 Å². The minimum atomic E-state index is -4.26. The Morgan fingerprint density at radius 1 is 1.13 bits per heavy atom. The lowest BCUT2D eigenvalue weighted by atomic mass is 9.93. The molecule has 0 spiro atoms. The van der Waals surface area contributed by atoms with Gasteiger partial charge in [-0.25, -0.2) is 0 Å². The van der Waals surface area contributed by atoms with Gasteiger partial charge in [-0.05, 0) is 49.2 Å². The normalized spacial score (nSPS) is 13.0. The van der Waals surface area contributed by atoms with Crippen molar-refractivity contribution < 1.29 is 14.4 Å². The lowest BCUT2D eigenvalue weighted by molar-refractivity contribution is 0.387. The maximum Gasteiger partial charge on any atom is 0.356 e. The third kappa shape index (κ3) is 4.20. The van der Waals surface area contributed by atoms with Crippen LogP contribution in [0, 0.1) is 13.8 Å². The second-order valence-corrected chi connectivity index (χ2v) is 8.34. The lowest BCUT2D eigenvalue weighted by Crippen LogP contribution is -2.12. The van der Waals surface area contributed by atoms with Crippen molar-refractivity contribution >= 4 is 24.8 Å². The fourth-order valence-corrected chi connectivity index (χ4v) is 3.58. The number of hydrogen-bond donors (Lipinski definition) is 3. The molecule has 5 nitrogen and oxygen atoms in total. The minimum Gasteiger partial charge on any atom is -0.357 e. The van der Waals surface area contributed by atoms with Gasteiger partial charge < -0.3 is 14.8 Å². The summed E-state index contributed by atoms with van der Waals surface area (Å²) in [5.41, 5.74) is 3.83. The quantitative estimate of drug-likeness (QED) is 0.593. The van der Waals surface area contributed by atoms with Gasteiger partial charge in [0, 0.05) is 11.1 Å². The summed E-state index contributed by atoms with van der Waals surface area (Å²) < 4.78 is 11.5. The molecule has 0 atom stereocenters. The SMILES string of the molecule is Cc1cc(N=Cc2ccc(C(C)(C)C)[nH]2)cc(C)c1P(=O)(O)O. The molecule has 124 valence electrons. The van der Waals surface area contributed by atoms with Crippen LogP contribution in [0.3, 0.4) is 0 Å². The molecule has 6 heteroatoms. The predicted octanol–water partition coefficient (Wildman–Crippen LogP) is 3.48. The minimum absolute atomic E-state index is 0.0460. The highest BCUT2D eigenvalue weighted by Gasteiger charge is 2.22. The number of rotatable bonds is 3.